The van der Waals surface area contributed by atoms with Crippen LogP contribution < -0.4 is 0 Å². The normalized spacial score (nSPS) is 10.6. The average Bonchev–Trinajstić information content (AvgIpc) is 2.76. The van der Waals surface area contributed by atoms with Gasteiger partial charge in [-0.2, -0.15) is 0 Å². The summed E-state index contributed by atoms with van der Waals surface area (Å²) in [5.41, 5.74) is 4.67. The predicted molar refractivity (Wildman–Crippen MR) is 71.6 cm³/mol. The van der Waals surface area contributed by atoms with Crippen molar-refractivity contribution < 1.29 is 9.90 Å². The first-order chi connectivity index (χ1) is 8.56. The summed E-state index contributed by atoms with van der Waals surface area (Å²) in [7, 11) is 0. The fourth-order valence-corrected chi connectivity index (χ4v) is 2.24. The molecule has 1 N–H and O–H groups in total. The van der Waals surface area contributed by atoms with Crippen LogP contribution in [0.25, 0.3) is 5.69 Å². The number of aromatic nitrogens is 1. The summed E-state index contributed by atoms with van der Waals surface area (Å²) < 4.78 is 1.98. The van der Waals surface area contributed by atoms with E-state index in [2.05, 4.69) is 19.9 Å². The van der Waals surface area contributed by atoms with Crippen LogP contribution in [0.5, 0.6) is 0 Å². The third-order valence-corrected chi connectivity index (χ3v) is 3.39. The summed E-state index contributed by atoms with van der Waals surface area (Å²) in [6.07, 6.45) is 2.53. The number of rotatable bonds is 3. The van der Waals surface area contributed by atoms with Crippen LogP contribution in [0.15, 0.2) is 30.5 Å². The molecule has 0 aliphatic carbocycles. The topological polar surface area (TPSA) is 42.2 Å². The maximum absolute atomic E-state index is 11.2. The third-order valence-electron chi connectivity index (χ3n) is 3.39. The minimum Gasteiger partial charge on any atom is -0.478 e. The molecular formula is C15H17NO2. The van der Waals surface area contributed by atoms with Crippen LogP contribution >= 0.6 is 0 Å². The van der Waals surface area contributed by atoms with Crippen molar-refractivity contribution in [3.63, 3.8) is 0 Å². The largest absolute Gasteiger partial charge is 0.478 e. The maximum atomic E-state index is 11.2. The van der Waals surface area contributed by atoms with Gasteiger partial charge in [-0.25, -0.2) is 4.79 Å². The van der Waals surface area contributed by atoms with Crippen LogP contribution in [-0.2, 0) is 6.42 Å². The molecule has 0 radical (unpaired) electrons. The smallest absolute Gasteiger partial charge is 0.337 e. The van der Waals surface area contributed by atoms with Crippen LogP contribution in [0.1, 0.15) is 34.1 Å². The molecule has 2 aromatic rings. The van der Waals surface area contributed by atoms with E-state index < -0.39 is 5.97 Å². The van der Waals surface area contributed by atoms with E-state index in [4.69, 9.17) is 5.11 Å². The van der Waals surface area contributed by atoms with Gasteiger partial charge in [0.15, 0.2) is 0 Å². The van der Waals surface area contributed by atoms with Crippen molar-refractivity contribution >= 4 is 5.97 Å². The zero-order chi connectivity index (χ0) is 13.3. The summed E-state index contributed by atoms with van der Waals surface area (Å²) in [5, 5.41) is 9.17. The third kappa shape index (κ3) is 1.92. The second-order valence-electron chi connectivity index (χ2n) is 4.42. The molecule has 18 heavy (non-hydrogen) atoms. The molecule has 1 aromatic heterocycles. The number of aromatic carboxylic acids is 1. The Hall–Kier alpha value is -2.03. The maximum Gasteiger partial charge on any atom is 0.337 e. The molecule has 0 spiro atoms. The molecule has 3 heteroatoms. The SMILES string of the molecule is CCc1c(C(=O)O)ccn1-c1cccc(C)c1C. The van der Waals surface area contributed by atoms with Gasteiger partial charge < -0.3 is 9.67 Å². The molecule has 0 unspecified atom stereocenters. The minimum absolute atomic E-state index is 0.387. The van der Waals surface area contributed by atoms with Crippen molar-refractivity contribution in [1.82, 2.24) is 4.57 Å². The van der Waals surface area contributed by atoms with E-state index in [-0.39, 0.29) is 0 Å². The van der Waals surface area contributed by atoms with Gasteiger partial charge in [-0.1, -0.05) is 19.1 Å². The summed E-state index contributed by atoms with van der Waals surface area (Å²) in [4.78, 5) is 11.2. The van der Waals surface area contributed by atoms with Crippen molar-refractivity contribution in [3.8, 4) is 5.69 Å². The molecule has 0 saturated carbocycles. The molecule has 0 bridgehead atoms. The fraction of sp³-hybridized carbons (Fsp3) is 0.267. The molecule has 1 aromatic carbocycles. The lowest BCUT2D eigenvalue weighted by Gasteiger charge is -2.13. The van der Waals surface area contributed by atoms with Crippen molar-refractivity contribution in [2.75, 3.05) is 0 Å². The minimum atomic E-state index is -0.865. The van der Waals surface area contributed by atoms with Crippen LogP contribution in [0.3, 0.4) is 0 Å². The summed E-state index contributed by atoms with van der Waals surface area (Å²) in [6, 6.07) is 7.75. The highest BCUT2D eigenvalue weighted by molar-refractivity contribution is 5.89. The lowest BCUT2D eigenvalue weighted by molar-refractivity contribution is 0.0696. The predicted octanol–water partition coefficient (Wildman–Crippen LogP) is 3.35. The first kappa shape index (κ1) is 12.4. The van der Waals surface area contributed by atoms with Gasteiger partial charge >= 0.3 is 5.97 Å². The van der Waals surface area contributed by atoms with Crippen molar-refractivity contribution in [1.29, 1.82) is 0 Å². The highest BCUT2D eigenvalue weighted by Crippen LogP contribution is 2.22. The van der Waals surface area contributed by atoms with E-state index >= 15 is 0 Å². The molecule has 0 aliphatic rings. The van der Waals surface area contributed by atoms with Gasteiger partial charge in [0.2, 0.25) is 0 Å². The van der Waals surface area contributed by atoms with E-state index in [0.29, 0.717) is 12.0 Å². The first-order valence-electron chi connectivity index (χ1n) is 6.06. The van der Waals surface area contributed by atoms with Gasteiger partial charge in [-0.3, -0.25) is 0 Å². The summed E-state index contributed by atoms with van der Waals surface area (Å²) >= 11 is 0. The quantitative estimate of drug-likeness (QED) is 0.898. The van der Waals surface area contributed by atoms with Crippen LogP contribution in [0, 0.1) is 13.8 Å². The summed E-state index contributed by atoms with van der Waals surface area (Å²) in [6.45, 7) is 6.10. The molecule has 2 rings (SSSR count). The summed E-state index contributed by atoms with van der Waals surface area (Å²) in [5.74, 6) is -0.865. The van der Waals surface area contributed by atoms with Crippen molar-refractivity contribution in [2.45, 2.75) is 27.2 Å². The van der Waals surface area contributed by atoms with Crippen LogP contribution in [0.2, 0.25) is 0 Å². The van der Waals surface area contributed by atoms with E-state index in [1.54, 1.807) is 6.07 Å². The number of benzene rings is 1. The monoisotopic (exact) mass is 243 g/mol. The van der Waals surface area contributed by atoms with Gasteiger partial charge in [0.05, 0.1) is 5.56 Å². The molecule has 0 atom stereocenters. The molecule has 0 saturated heterocycles. The van der Waals surface area contributed by atoms with E-state index in [1.807, 2.05) is 29.8 Å². The molecule has 0 aliphatic heterocycles. The molecule has 3 nitrogen and oxygen atoms in total. The van der Waals surface area contributed by atoms with Crippen molar-refractivity contribution in [2.24, 2.45) is 0 Å². The number of carboxylic acids is 1. The molecule has 94 valence electrons. The first-order valence-corrected chi connectivity index (χ1v) is 6.06. The van der Waals surface area contributed by atoms with Gasteiger partial charge in [0.1, 0.15) is 0 Å². The van der Waals surface area contributed by atoms with Crippen molar-refractivity contribution in [3.05, 3.63) is 52.8 Å². The van der Waals surface area contributed by atoms with E-state index in [9.17, 15) is 4.79 Å². The number of hydrogen-bond acceptors (Lipinski definition) is 1. The van der Waals surface area contributed by atoms with E-state index in [1.165, 1.54) is 11.1 Å². The molecule has 0 amide bonds. The van der Waals surface area contributed by atoms with Gasteiger partial charge in [-0.15, -0.1) is 0 Å². The van der Waals surface area contributed by atoms with Crippen LogP contribution in [0.4, 0.5) is 0 Å². The Kier molecular flexibility index (Phi) is 3.24. The molecule has 1 heterocycles. The zero-order valence-corrected chi connectivity index (χ0v) is 10.9. The second kappa shape index (κ2) is 4.69. The number of carboxylic acid groups (broad SMARTS) is 1. The number of hydrogen-bond donors (Lipinski definition) is 1. The van der Waals surface area contributed by atoms with Gasteiger partial charge in [0.25, 0.3) is 0 Å². The Morgan fingerprint density at radius 3 is 2.61 bits per heavy atom. The Bertz CT molecular complexity index is 597. The zero-order valence-electron chi connectivity index (χ0n) is 10.9. The Labute approximate surface area is 107 Å². The highest BCUT2D eigenvalue weighted by Gasteiger charge is 2.15. The number of nitrogens with zero attached hydrogens (tertiary/aromatic N) is 1. The molecular weight excluding hydrogens is 226 g/mol. The fourth-order valence-electron chi connectivity index (χ4n) is 2.24. The number of aryl methyl sites for hydroxylation is 1. The number of carbonyl (C=O) groups is 1. The average molecular weight is 243 g/mol. The highest BCUT2D eigenvalue weighted by atomic mass is 16.4. The second-order valence-corrected chi connectivity index (χ2v) is 4.42. The van der Waals surface area contributed by atoms with Gasteiger partial charge in [-0.05, 0) is 43.5 Å². The lowest BCUT2D eigenvalue weighted by atomic mass is 10.1. The Morgan fingerprint density at radius 1 is 1.28 bits per heavy atom. The van der Waals surface area contributed by atoms with Crippen LogP contribution in [-0.4, -0.2) is 15.6 Å². The Morgan fingerprint density at radius 2 is 2.00 bits per heavy atom. The molecule has 0 fully saturated rings. The van der Waals surface area contributed by atoms with Gasteiger partial charge in [0, 0.05) is 17.6 Å². The standard InChI is InChI=1S/C15H17NO2/c1-4-13-12(15(17)18)8-9-16(13)14-7-5-6-10(2)11(14)3/h5-9H,4H2,1-3H3,(H,17,18). The van der Waals surface area contributed by atoms with E-state index in [0.717, 1.165) is 11.4 Å². The lowest BCUT2D eigenvalue weighted by Crippen LogP contribution is -2.06. The Balaban J connectivity index is 2.65.